The predicted molar refractivity (Wildman–Crippen MR) is 81.4 cm³/mol. The van der Waals surface area contributed by atoms with Crippen LogP contribution in [0.3, 0.4) is 0 Å². The van der Waals surface area contributed by atoms with Gasteiger partial charge in [-0.1, -0.05) is 6.07 Å². The first-order valence-electron chi connectivity index (χ1n) is 7.56. The van der Waals surface area contributed by atoms with Gasteiger partial charge in [0.2, 0.25) is 0 Å². The molecule has 0 amide bonds. The number of pyridine rings is 1. The van der Waals surface area contributed by atoms with Gasteiger partial charge in [-0.3, -0.25) is 9.88 Å². The molecule has 0 spiro atoms. The Kier molecular flexibility index (Phi) is 5.52. The van der Waals surface area contributed by atoms with Crippen molar-refractivity contribution in [1.29, 1.82) is 0 Å². The summed E-state index contributed by atoms with van der Waals surface area (Å²) < 4.78 is 5.29. The van der Waals surface area contributed by atoms with Crippen molar-refractivity contribution in [1.82, 2.24) is 9.88 Å². The number of aromatic nitrogens is 1. The summed E-state index contributed by atoms with van der Waals surface area (Å²) in [6.45, 7) is 6.01. The molecule has 0 saturated heterocycles. The molecule has 1 aromatic heterocycles. The van der Waals surface area contributed by atoms with Crippen LogP contribution in [0.25, 0.3) is 0 Å². The molecule has 1 aromatic rings. The van der Waals surface area contributed by atoms with Crippen LogP contribution in [0.1, 0.15) is 38.4 Å². The predicted octanol–water partition coefficient (Wildman–Crippen LogP) is 2.22. The van der Waals surface area contributed by atoms with Crippen molar-refractivity contribution in [2.24, 2.45) is 11.7 Å². The monoisotopic (exact) mass is 277 g/mol. The van der Waals surface area contributed by atoms with Gasteiger partial charge in [-0.25, -0.2) is 0 Å². The minimum Gasteiger partial charge on any atom is -0.383 e. The molecule has 2 N–H and O–H groups in total. The molecule has 0 aliphatic heterocycles. The Labute approximate surface area is 122 Å². The van der Waals surface area contributed by atoms with Crippen molar-refractivity contribution in [2.45, 2.75) is 44.8 Å². The van der Waals surface area contributed by atoms with E-state index in [0.717, 1.165) is 24.8 Å². The average molecular weight is 277 g/mol. The fraction of sp³-hybridized carbons (Fsp3) is 0.688. The maximum absolute atomic E-state index is 6.28. The van der Waals surface area contributed by atoms with Crippen molar-refractivity contribution in [3.63, 3.8) is 0 Å². The zero-order chi connectivity index (χ0) is 14.5. The first kappa shape index (κ1) is 15.4. The van der Waals surface area contributed by atoms with E-state index in [1.54, 1.807) is 7.11 Å². The van der Waals surface area contributed by atoms with E-state index in [2.05, 4.69) is 29.8 Å². The van der Waals surface area contributed by atoms with Gasteiger partial charge >= 0.3 is 0 Å². The van der Waals surface area contributed by atoms with Gasteiger partial charge in [0.05, 0.1) is 18.3 Å². The van der Waals surface area contributed by atoms with Crippen LogP contribution in [0.4, 0.5) is 0 Å². The molecule has 3 unspecified atom stereocenters. The molecule has 4 nitrogen and oxygen atoms in total. The summed E-state index contributed by atoms with van der Waals surface area (Å²) in [7, 11) is 1.75. The molecule has 2 rings (SSSR count). The first-order valence-corrected chi connectivity index (χ1v) is 7.56. The van der Waals surface area contributed by atoms with Gasteiger partial charge in [0.1, 0.15) is 0 Å². The number of ether oxygens (including phenoxy) is 1. The molecule has 112 valence electrons. The molecule has 4 heteroatoms. The minimum atomic E-state index is 0.0444. The zero-order valence-corrected chi connectivity index (χ0v) is 12.8. The Hall–Kier alpha value is -0.970. The Morgan fingerprint density at radius 3 is 2.65 bits per heavy atom. The van der Waals surface area contributed by atoms with E-state index in [1.807, 2.05) is 18.3 Å². The molecule has 1 fully saturated rings. The second-order valence-corrected chi connectivity index (χ2v) is 5.87. The summed E-state index contributed by atoms with van der Waals surface area (Å²) in [6.07, 6.45) is 4.51. The highest BCUT2D eigenvalue weighted by Gasteiger charge is 2.37. The largest absolute Gasteiger partial charge is 0.383 e. The van der Waals surface area contributed by atoms with Gasteiger partial charge in [0.15, 0.2) is 0 Å². The molecule has 20 heavy (non-hydrogen) atoms. The fourth-order valence-electron chi connectivity index (χ4n) is 2.93. The summed E-state index contributed by atoms with van der Waals surface area (Å²) in [5.41, 5.74) is 7.34. The lowest BCUT2D eigenvalue weighted by Crippen LogP contribution is -2.46. The topological polar surface area (TPSA) is 51.4 Å². The third kappa shape index (κ3) is 3.78. The van der Waals surface area contributed by atoms with Crippen molar-refractivity contribution in [3.05, 3.63) is 30.1 Å². The van der Waals surface area contributed by atoms with E-state index in [1.165, 1.54) is 12.8 Å². The molecular weight excluding hydrogens is 250 g/mol. The second kappa shape index (κ2) is 7.16. The lowest BCUT2D eigenvalue weighted by atomic mass is 10.0. The van der Waals surface area contributed by atoms with Gasteiger partial charge in [0.25, 0.3) is 0 Å². The van der Waals surface area contributed by atoms with Gasteiger partial charge in [0, 0.05) is 31.9 Å². The maximum Gasteiger partial charge on any atom is 0.0674 e. The maximum atomic E-state index is 6.28. The number of hydrogen-bond donors (Lipinski definition) is 1. The van der Waals surface area contributed by atoms with Crippen molar-refractivity contribution >= 4 is 0 Å². The third-order valence-corrected chi connectivity index (χ3v) is 4.23. The lowest BCUT2D eigenvalue weighted by Gasteiger charge is -2.38. The van der Waals surface area contributed by atoms with Crippen LogP contribution in [0.2, 0.25) is 0 Å². The SMILES string of the molecule is COCCN(C(C)C1CC1)C(c1ccccn1)C(C)N. The molecule has 0 bridgehead atoms. The van der Waals surface area contributed by atoms with Gasteiger partial charge in [-0.05, 0) is 44.7 Å². The van der Waals surface area contributed by atoms with Crippen LogP contribution < -0.4 is 5.73 Å². The number of rotatable bonds is 8. The normalized spacial score (nSPS) is 19.9. The van der Waals surface area contributed by atoms with Crippen LogP contribution in [0.15, 0.2) is 24.4 Å². The Morgan fingerprint density at radius 1 is 1.40 bits per heavy atom. The Bertz CT molecular complexity index is 392. The third-order valence-electron chi connectivity index (χ3n) is 4.23. The van der Waals surface area contributed by atoms with Crippen molar-refractivity contribution in [2.75, 3.05) is 20.3 Å². The van der Waals surface area contributed by atoms with E-state index in [4.69, 9.17) is 10.5 Å². The zero-order valence-electron chi connectivity index (χ0n) is 12.8. The van der Waals surface area contributed by atoms with Crippen LogP contribution in [-0.2, 0) is 4.74 Å². The van der Waals surface area contributed by atoms with E-state index in [0.29, 0.717) is 6.04 Å². The highest BCUT2D eigenvalue weighted by molar-refractivity contribution is 5.12. The van der Waals surface area contributed by atoms with Crippen LogP contribution in [0.5, 0.6) is 0 Å². The van der Waals surface area contributed by atoms with E-state index >= 15 is 0 Å². The van der Waals surface area contributed by atoms with E-state index in [9.17, 15) is 0 Å². The van der Waals surface area contributed by atoms with Crippen LogP contribution >= 0.6 is 0 Å². The van der Waals surface area contributed by atoms with Gasteiger partial charge in [-0.15, -0.1) is 0 Å². The Balaban J connectivity index is 2.21. The summed E-state index contributed by atoms with van der Waals surface area (Å²) >= 11 is 0. The quantitative estimate of drug-likeness (QED) is 0.791. The second-order valence-electron chi connectivity index (χ2n) is 5.87. The van der Waals surface area contributed by atoms with Gasteiger partial charge in [-0.2, -0.15) is 0 Å². The Morgan fingerprint density at radius 2 is 2.15 bits per heavy atom. The average Bonchev–Trinajstić information content (AvgIpc) is 3.27. The van der Waals surface area contributed by atoms with Crippen molar-refractivity contribution < 1.29 is 4.74 Å². The van der Waals surface area contributed by atoms with Crippen LogP contribution in [-0.4, -0.2) is 42.2 Å². The fourth-order valence-corrected chi connectivity index (χ4v) is 2.93. The molecular formula is C16H27N3O. The lowest BCUT2D eigenvalue weighted by molar-refractivity contribution is 0.0702. The van der Waals surface area contributed by atoms with Crippen LogP contribution in [0, 0.1) is 5.92 Å². The highest BCUT2D eigenvalue weighted by Crippen LogP contribution is 2.38. The molecule has 1 aliphatic carbocycles. The molecule has 0 radical (unpaired) electrons. The molecule has 1 aliphatic rings. The smallest absolute Gasteiger partial charge is 0.0674 e. The summed E-state index contributed by atoms with van der Waals surface area (Å²) in [5.74, 6) is 0.803. The number of nitrogens with zero attached hydrogens (tertiary/aromatic N) is 2. The molecule has 1 heterocycles. The van der Waals surface area contributed by atoms with E-state index < -0.39 is 0 Å². The number of methoxy groups -OCH3 is 1. The highest BCUT2D eigenvalue weighted by atomic mass is 16.5. The minimum absolute atomic E-state index is 0.0444. The summed E-state index contributed by atoms with van der Waals surface area (Å²) in [4.78, 5) is 7.01. The summed E-state index contributed by atoms with van der Waals surface area (Å²) in [5, 5.41) is 0. The molecule has 3 atom stereocenters. The molecule has 0 aromatic carbocycles. The number of nitrogens with two attached hydrogens (primary N) is 1. The van der Waals surface area contributed by atoms with Crippen molar-refractivity contribution in [3.8, 4) is 0 Å². The first-order chi connectivity index (χ1) is 9.65. The standard InChI is InChI=1S/C16H27N3O/c1-12(17)16(15-6-4-5-9-18-15)19(10-11-20-3)13(2)14-7-8-14/h4-6,9,12-14,16H,7-8,10-11,17H2,1-3H3. The van der Waals surface area contributed by atoms with Gasteiger partial charge < -0.3 is 10.5 Å². The number of hydrogen-bond acceptors (Lipinski definition) is 4. The molecule has 1 saturated carbocycles. The van der Waals surface area contributed by atoms with E-state index in [-0.39, 0.29) is 12.1 Å². The summed E-state index contributed by atoms with van der Waals surface area (Å²) in [6, 6.07) is 6.79.